The van der Waals surface area contributed by atoms with Gasteiger partial charge in [-0.1, -0.05) is 19.1 Å². The summed E-state index contributed by atoms with van der Waals surface area (Å²) < 4.78 is 3.01. The average Bonchev–Trinajstić information content (AvgIpc) is 3.08. The fourth-order valence-corrected chi connectivity index (χ4v) is 2.81. The van der Waals surface area contributed by atoms with Gasteiger partial charge in [-0.2, -0.15) is 5.10 Å². The number of carbonyl (C=O) groups excluding carboxylic acids is 1. The lowest BCUT2D eigenvalue weighted by Gasteiger charge is -2.07. The monoisotopic (exact) mass is 384 g/mol. The van der Waals surface area contributed by atoms with Gasteiger partial charge < -0.3 is 5.32 Å². The van der Waals surface area contributed by atoms with Gasteiger partial charge in [-0.3, -0.25) is 24.3 Å². The fourth-order valence-electron chi connectivity index (χ4n) is 2.81. The maximum Gasteiger partial charge on any atom is 0.269 e. The second-order valence-corrected chi connectivity index (χ2v) is 6.31. The molecular weight excluding hydrogens is 364 g/mol. The number of fused-ring (bicyclic) bond motifs is 1. The summed E-state index contributed by atoms with van der Waals surface area (Å²) in [5.74, 6) is -0.0163. The van der Waals surface area contributed by atoms with Gasteiger partial charge in [0.15, 0.2) is 5.65 Å². The van der Waals surface area contributed by atoms with Crippen LogP contribution in [0, 0.1) is 10.1 Å². The Bertz CT molecular complexity index is 1050. The van der Waals surface area contributed by atoms with Gasteiger partial charge in [0.25, 0.3) is 11.2 Å². The molecule has 1 N–H and O–H groups in total. The fraction of sp³-hybridized carbons (Fsp3) is 0.333. The highest BCUT2D eigenvalue weighted by Crippen LogP contribution is 2.13. The summed E-state index contributed by atoms with van der Waals surface area (Å²) in [5.41, 5.74) is 0.955. The number of aromatic nitrogens is 4. The smallest absolute Gasteiger partial charge is 0.269 e. The Kier molecular flexibility index (Phi) is 5.78. The van der Waals surface area contributed by atoms with Crippen molar-refractivity contribution in [3.8, 4) is 0 Å². The van der Waals surface area contributed by atoms with Crippen LogP contribution in [0.5, 0.6) is 0 Å². The molecule has 0 fully saturated rings. The van der Waals surface area contributed by atoms with Crippen LogP contribution >= 0.6 is 0 Å². The lowest BCUT2D eigenvalue weighted by molar-refractivity contribution is -0.384. The number of nitrogens with zero attached hydrogens (tertiary/aromatic N) is 5. The molecule has 0 unspecified atom stereocenters. The van der Waals surface area contributed by atoms with Crippen LogP contribution in [0.15, 0.2) is 41.6 Å². The highest BCUT2D eigenvalue weighted by Gasteiger charge is 2.11. The first-order valence-electron chi connectivity index (χ1n) is 8.90. The van der Waals surface area contributed by atoms with Crippen LogP contribution in [0.4, 0.5) is 5.69 Å². The van der Waals surface area contributed by atoms with E-state index < -0.39 is 4.92 Å². The molecule has 0 saturated heterocycles. The zero-order valence-corrected chi connectivity index (χ0v) is 15.4. The Morgan fingerprint density at radius 2 is 2.04 bits per heavy atom. The summed E-state index contributed by atoms with van der Waals surface area (Å²) in [6.07, 6.45) is 4.16. The van der Waals surface area contributed by atoms with Crippen LogP contribution in [0.1, 0.15) is 25.3 Å². The number of rotatable bonds is 8. The van der Waals surface area contributed by atoms with Crippen LogP contribution in [0.2, 0.25) is 0 Å². The predicted molar refractivity (Wildman–Crippen MR) is 102 cm³/mol. The van der Waals surface area contributed by atoms with Crippen molar-refractivity contribution in [1.82, 2.24) is 24.6 Å². The molecule has 146 valence electrons. The largest absolute Gasteiger partial charge is 0.354 e. The predicted octanol–water partition coefficient (Wildman–Crippen LogP) is 1.47. The third-order valence-corrected chi connectivity index (χ3v) is 4.25. The molecule has 0 aliphatic rings. The van der Waals surface area contributed by atoms with Crippen molar-refractivity contribution in [2.45, 2.75) is 32.9 Å². The molecule has 1 amide bonds. The van der Waals surface area contributed by atoms with Crippen molar-refractivity contribution < 1.29 is 9.72 Å². The van der Waals surface area contributed by atoms with Crippen LogP contribution < -0.4 is 10.9 Å². The van der Waals surface area contributed by atoms with E-state index in [4.69, 9.17) is 0 Å². The van der Waals surface area contributed by atoms with Gasteiger partial charge >= 0.3 is 0 Å². The highest BCUT2D eigenvalue weighted by molar-refractivity contribution is 5.76. The van der Waals surface area contributed by atoms with E-state index in [-0.39, 0.29) is 23.7 Å². The van der Waals surface area contributed by atoms with E-state index in [1.54, 1.807) is 16.8 Å². The van der Waals surface area contributed by atoms with Gasteiger partial charge in [-0.15, -0.1) is 0 Å². The zero-order valence-electron chi connectivity index (χ0n) is 15.4. The number of carbonyl (C=O) groups is 1. The van der Waals surface area contributed by atoms with Crippen LogP contribution in [-0.2, 0) is 17.9 Å². The molecule has 0 atom stereocenters. The minimum atomic E-state index is -0.470. The van der Waals surface area contributed by atoms with E-state index in [2.05, 4.69) is 15.4 Å². The van der Waals surface area contributed by atoms with Crippen molar-refractivity contribution in [3.05, 3.63) is 62.8 Å². The molecule has 3 aromatic rings. The van der Waals surface area contributed by atoms with Crippen LogP contribution in [-0.4, -0.2) is 36.7 Å². The van der Waals surface area contributed by atoms with Gasteiger partial charge in [0.05, 0.1) is 24.2 Å². The first-order valence-corrected chi connectivity index (χ1v) is 8.90. The molecule has 3 rings (SSSR count). The van der Waals surface area contributed by atoms with E-state index in [0.717, 1.165) is 12.0 Å². The van der Waals surface area contributed by atoms with Gasteiger partial charge in [0.2, 0.25) is 5.91 Å². The van der Waals surface area contributed by atoms with Crippen molar-refractivity contribution in [2.75, 3.05) is 6.54 Å². The molecule has 0 spiro atoms. The number of nitrogens with one attached hydrogen (secondary N) is 1. The summed E-state index contributed by atoms with van der Waals surface area (Å²) in [6, 6.07) is 6.02. The lowest BCUT2D eigenvalue weighted by Crippen LogP contribution is -2.27. The molecule has 1 aromatic carbocycles. The molecule has 0 aliphatic heterocycles. The molecule has 0 radical (unpaired) electrons. The summed E-state index contributed by atoms with van der Waals surface area (Å²) in [5, 5.41) is 18.1. The maximum atomic E-state index is 12.7. The van der Waals surface area contributed by atoms with Crippen molar-refractivity contribution in [3.63, 3.8) is 0 Å². The molecular formula is C18H20N6O4. The molecule has 28 heavy (non-hydrogen) atoms. The summed E-state index contributed by atoms with van der Waals surface area (Å²) in [6.45, 7) is 3.01. The first kappa shape index (κ1) is 19.2. The van der Waals surface area contributed by atoms with Crippen LogP contribution in [0.25, 0.3) is 11.0 Å². The number of benzene rings is 1. The molecule has 0 saturated carbocycles. The minimum absolute atomic E-state index is 0.00280. The molecule has 2 aromatic heterocycles. The van der Waals surface area contributed by atoms with Crippen molar-refractivity contribution in [2.24, 2.45) is 0 Å². The topological polar surface area (TPSA) is 125 Å². The Labute approximate surface area is 160 Å². The SMILES string of the molecule is CCCC(=O)NCCn1ncc2c(=O)n(Cc3ccc([N+](=O)[O-])cc3)cnc21. The molecule has 0 bridgehead atoms. The summed E-state index contributed by atoms with van der Waals surface area (Å²) >= 11 is 0. The summed E-state index contributed by atoms with van der Waals surface area (Å²) in [7, 11) is 0. The standard InChI is InChI=1S/C18H20N6O4/c1-2-3-16(25)19-8-9-23-17-15(10-21-23)18(26)22(12-20-17)11-13-4-6-14(7-5-13)24(27)28/h4-7,10,12H,2-3,8-9,11H2,1H3,(H,19,25). The normalized spacial score (nSPS) is 10.9. The Morgan fingerprint density at radius 1 is 1.29 bits per heavy atom. The number of non-ortho nitro benzene ring substituents is 1. The van der Waals surface area contributed by atoms with Gasteiger partial charge in [-0.25, -0.2) is 9.67 Å². The van der Waals surface area contributed by atoms with Gasteiger partial charge in [-0.05, 0) is 12.0 Å². The molecule has 10 nitrogen and oxygen atoms in total. The minimum Gasteiger partial charge on any atom is -0.354 e. The molecule has 2 heterocycles. The second-order valence-electron chi connectivity index (χ2n) is 6.31. The average molecular weight is 384 g/mol. The van der Waals surface area contributed by atoms with Gasteiger partial charge in [0.1, 0.15) is 11.7 Å². The van der Waals surface area contributed by atoms with E-state index in [9.17, 15) is 19.7 Å². The van der Waals surface area contributed by atoms with E-state index in [1.165, 1.54) is 29.2 Å². The Hall–Kier alpha value is -3.56. The van der Waals surface area contributed by atoms with E-state index >= 15 is 0 Å². The highest BCUT2D eigenvalue weighted by atomic mass is 16.6. The quantitative estimate of drug-likeness (QED) is 0.463. The van der Waals surface area contributed by atoms with Crippen LogP contribution in [0.3, 0.4) is 0 Å². The van der Waals surface area contributed by atoms with Crippen molar-refractivity contribution in [1.29, 1.82) is 0 Å². The summed E-state index contributed by atoms with van der Waals surface area (Å²) in [4.78, 5) is 38.8. The Morgan fingerprint density at radius 3 is 2.71 bits per heavy atom. The first-order chi connectivity index (χ1) is 13.5. The number of hydrogen-bond donors (Lipinski definition) is 1. The van der Waals surface area contributed by atoms with Crippen molar-refractivity contribution >= 4 is 22.6 Å². The van der Waals surface area contributed by atoms with E-state index in [1.807, 2.05) is 6.92 Å². The third-order valence-electron chi connectivity index (χ3n) is 4.25. The number of amides is 1. The lowest BCUT2D eigenvalue weighted by atomic mass is 10.2. The van der Waals surface area contributed by atoms with E-state index in [0.29, 0.717) is 30.5 Å². The second kappa shape index (κ2) is 8.42. The maximum absolute atomic E-state index is 12.7. The number of nitro groups is 1. The number of hydrogen-bond acceptors (Lipinski definition) is 6. The third kappa shape index (κ3) is 4.22. The molecule has 10 heteroatoms. The van der Waals surface area contributed by atoms with Gasteiger partial charge in [0, 0.05) is 25.1 Å². The molecule has 0 aliphatic carbocycles. The zero-order chi connectivity index (χ0) is 20.1. The number of nitro benzene ring substituents is 1. The Balaban J connectivity index is 1.74.